The zero-order valence-electron chi connectivity index (χ0n) is 11.9. The van der Waals surface area contributed by atoms with Crippen LogP contribution in [0.4, 0.5) is 11.6 Å². The van der Waals surface area contributed by atoms with Crippen LogP contribution in [0.5, 0.6) is 0 Å². The van der Waals surface area contributed by atoms with Gasteiger partial charge in [-0.1, -0.05) is 20.8 Å². The van der Waals surface area contributed by atoms with Crippen LogP contribution in [-0.2, 0) is 0 Å². The van der Waals surface area contributed by atoms with Gasteiger partial charge in [-0.05, 0) is 18.8 Å². The summed E-state index contributed by atoms with van der Waals surface area (Å²) in [5.41, 5.74) is 0. The molecule has 0 radical (unpaired) electrons. The van der Waals surface area contributed by atoms with Crippen LogP contribution in [0.2, 0.25) is 0 Å². The third kappa shape index (κ3) is 2.92. The third-order valence-electron chi connectivity index (χ3n) is 3.61. The Bertz CT molecular complexity index is 395. The molecule has 1 aromatic rings. The Kier molecular flexibility index (Phi) is 4.04. The van der Waals surface area contributed by atoms with Gasteiger partial charge in [0.15, 0.2) is 0 Å². The second-order valence-corrected chi connectivity index (χ2v) is 5.54. The molecule has 0 bridgehead atoms. The van der Waals surface area contributed by atoms with E-state index in [1.165, 1.54) is 12.8 Å². The Morgan fingerprint density at radius 3 is 2.50 bits per heavy atom. The molecule has 1 fully saturated rings. The molecule has 2 heterocycles. The van der Waals surface area contributed by atoms with Crippen LogP contribution in [0.25, 0.3) is 0 Å². The predicted octanol–water partition coefficient (Wildman–Crippen LogP) is 2.88. The van der Waals surface area contributed by atoms with Crippen molar-refractivity contribution in [3.05, 3.63) is 11.9 Å². The molecule has 4 nitrogen and oxygen atoms in total. The molecular formula is C14H24N4. The van der Waals surface area contributed by atoms with E-state index in [1.54, 1.807) is 0 Å². The fourth-order valence-corrected chi connectivity index (χ4v) is 2.24. The maximum absolute atomic E-state index is 4.70. The molecule has 1 aromatic heterocycles. The number of piperidine rings is 1. The minimum atomic E-state index is 0.362. The first-order valence-corrected chi connectivity index (χ1v) is 6.92. The molecule has 0 aromatic carbocycles. The van der Waals surface area contributed by atoms with Crippen LogP contribution in [0.15, 0.2) is 6.07 Å². The molecule has 0 saturated carbocycles. The fraction of sp³-hybridized carbons (Fsp3) is 0.714. The van der Waals surface area contributed by atoms with Crippen molar-refractivity contribution in [1.29, 1.82) is 0 Å². The normalized spacial score (nSPS) is 17.3. The Balaban J connectivity index is 2.23. The van der Waals surface area contributed by atoms with Crippen molar-refractivity contribution in [3.63, 3.8) is 0 Å². The van der Waals surface area contributed by atoms with Gasteiger partial charge < -0.3 is 10.2 Å². The lowest BCUT2D eigenvalue weighted by Crippen LogP contribution is -2.33. The van der Waals surface area contributed by atoms with Crippen molar-refractivity contribution in [2.75, 3.05) is 30.4 Å². The van der Waals surface area contributed by atoms with Crippen LogP contribution in [0.3, 0.4) is 0 Å². The Hall–Kier alpha value is -1.32. The summed E-state index contributed by atoms with van der Waals surface area (Å²) < 4.78 is 0. The summed E-state index contributed by atoms with van der Waals surface area (Å²) in [6, 6.07) is 2.06. The minimum absolute atomic E-state index is 0.362. The summed E-state index contributed by atoms with van der Waals surface area (Å²) in [6.45, 7) is 8.82. The van der Waals surface area contributed by atoms with Crippen molar-refractivity contribution in [2.45, 2.75) is 39.5 Å². The monoisotopic (exact) mass is 248 g/mol. The highest BCUT2D eigenvalue weighted by Crippen LogP contribution is 2.24. The quantitative estimate of drug-likeness (QED) is 0.893. The summed E-state index contributed by atoms with van der Waals surface area (Å²) >= 11 is 0. The van der Waals surface area contributed by atoms with E-state index in [1.807, 2.05) is 7.05 Å². The van der Waals surface area contributed by atoms with Gasteiger partial charge in [-0.2, -0.15) is 0 Å². The highest BCUT2D eigenvalue weighted by atomic mass is 15.2. The number of rotatable bonds is 3. The number of nitrogens with one attached hydrogen (secondary N) is 1. The molecule has 18 heavy (non-hydrogen) atoms. The molecule has 1 N–H and O–H groups in total. The van der Waals surface area contributed by atoms with Crippen molar-refractivity contribution in [3.8, 4) is 0 Å². The van der Waals surface area contributed by atoms with E-state index < -0.39 is 0 Å². The first-order chi connectivity index (χ1) is 8.60. The van der Waals surface area contributed by atoms with Gasteiger partial charge in [0.05, 0.1) is 0 Å². The van der Waals surface area contributed by atoms with Crippen molar-refractivity contribution in [1.82, 2.24) is 9.97 Å². The molecule has 1 aliphatic rings. The summed E-state index contributed by atoms with van der Waals surface area (Å²) in [5, 5.41) is 3.13. The Labute approximate surface area is 110 Å². The van der Waals surface area contributed by atoms with Crippen LogP contribution >= 0.6 is 0 Å². The standard InChI is InChI=1S/C14H24N4/c1-10(2)14-16-12(15-4)9-13(17-14)18-7-5-11(3)6-8-18/h9-11H,5-8H2,1-4H3,(H,15,16,17). The SMILES string of the molecule is CNc1cc(N2CCC(C)CC2)nc(C(C)C)n1. The highest BCUT2D eigenvalue weighted by Gasteiger charge is 2.18. The average molecular weight is 248 g/mol. The zero-order chi connectivity index (χ0) is 13.1. The number of nitrogens with zero attached hydrogens (tertiary/aromatic N) is 3. The van der Waals surface area contributed by atoms with E-state index in [0.717, 1.165) is 36.5 Å². The van der Waals surface area contributed by atoms with E-state index in [-0.39, 0.29) is 0 Å². The number of aromatic nitrogens is 2. The highest BCUT2D eigenvalue weighted by molar-refractivity contribution is 5.49. The molecule has 0 unspecified atom stereocenters. The average Bonchev–Trinajstić information content (AvgIpc) is 2.39. The van der Waals surface area contributed by atoms with Gasteiger partial charge in [-0.3, -0.25) is 0 Å². The molecule has 4 heteroatoms. The van der Waals surface area contributed by atoms with Gasteiger partial charge in [0, 0.05) is 32.1 Å². The Morgan fingerprint density at radius 2 is 1.94 bits per heavy atom. The number of hydrogen-bond donors (Lipinski definition) is 1. The van der Waals surface area contributed by atoms with E-state index in [2.05, 4.69) is 42.0 Å². The van der Waals surface area contributed by atoms with Crippen molar-refractivity contribution >= 4 is 11.6 Å². The molecule has 100 valence electrons. The van der Waals surface area contributed by atoms with Crippen LogP contribution < -0.4 is 10.2 Å². The molecule has 1 saturated heterocycles. The van der Waals surface area contributed by atoms with Gasteiger partial charge in [0.1, 0.15) is 17.5 Å². The Morgan fingerprint density at radius 1 is 1.28 bits per heavy atom. The van der Waals surface area contributed by atoms with Crippen molar-refractivity contribution in [2.24, 2.45) is 5.92 Å². The predicted molar refractivity (Wildman–Crippen MR) is 76.3 cm³/mol. The molecule has 0 amide bonds. The van der Waals surface area contributed by atoms with Crippen molar-refractivity contribution < 1.29 is 0 Å². The first kappa shape index (κ1) is 13.1. The van der Waals surface area contributed by atoms with E-state index in [0.29, 0.717) is 5.92 Å². The van der Waals surface area contributed by atoms with Crippen LogP contribution in [-0.4, -0.2) is 30.1 Å². The molecule has 1 aliphatic heterocycles. The summed E-state index contributed by atoms with van der Waals surface area (Å²) in [6.07, 6.45) is 2.52. The van der Waals surface area contributed by atoms with Gasteiger partial charge in [0.2, 0.25) is 0 Å². The second-order valence-electron chi connectivity index (χ2n) is 5.54. The lowest BCUT2D eigenvalue weighted by Gasteiger charge is -2.31. The van der Waals surface area contributed by atoms with Crippen LogP contribution in [0.1, 0.15) is 45.4 Å². The smallest absolute Gasteiger partial charge is 0.135 e. The van der Waals surface area contributed by atoms with Gasteiger partial charge >= 0.3 is 0 Å². The van der Waals surface area contributed by atoms with Gasteiger partial charge in [-0.15, -0.1) is 0 Å². The third-order valence-corrected chi connectivity index (χ3v) is 3.61. The maximum atomic E-state index is 4.70. The second kappa shape index (κ2) is 5.55. The molecule has 0 aliphatic carbocycles. The first-order valence-electron chi connectivity index (χ1n) is 6.92. The lowest BCUT2D eigenvalue weighted by atomic mass is 9.99. The molecule has 0 spiro atoms. The molecular weight excluding hydrogens is 224 g/mol. The molecule has 0 atom stereocenters. The summed E-state index contributed by atoms with van der Waals surface area (Å²) in [7, 11) is 1.91. The molecule has 2 rings (SSSR count). The van der Waals surface area contributed by atoms with Gasteiger partial charge in [-0.25, -0.2) is 9.97 Å². The lowest BCUT2D eigenvalue weighted by molar-refractivity contribution is 0.436. The fourth-order valence-electron chi connectivity index (χ4n) is 2.24. The van der Waals surface area contributed by atoms with E-state index >= 15 is 0 Å². The van der Waals surface area contributed by atoms with Crippen LogP contribution in [0, 0.1) is 5.92 Å². The summed E-state index contributed by atoms with van der Waals surface area (Å²) in [5.74, 6) is 4.12. The number of hydrogen-bond acceptors (Lipinski definition) is 4. The largest absolute Gasteiger partial charge is 0.373 e. The number of anilines is 2. The minimum Gasteiger partial charge on any atom is -0.373 e. The van der Waals surface area contributed by atoms with E-state index in [4.69, 9.17) is 4.98 Å². The maximum Gasteiger partial charge on any atom is 0.135 e. The topological polar surface area (TPSA) is 41.0 Å². The van der Waals surface area contributed by atoms with E-state index in [9.17, 15) is 0 Å². The van der Waals surface area contributed by atoms with Gasteiger partial charge in [0.25, 0.3) is 0 Å². The zero-order valence-corrected chi connectivity index (χ0v) is 11.9. The summed E-state index contributed by atoms with van der Waals surface area (Å²) in [4.78, 5) is 11.6.